The number of esters is 1. The van der Waals surface area contributed by atoms with Crippen LogP contribution >= 0.6 is 0 Å². The number of hydrogen-bond acceptors (Lipinski definition) is 3. The summed E-state index contributed by atoms with van der Waals surface area (Å²) in [6.45, 7) is 3.42. The van der Waals surface area contributed by atoms with Crippen molar-refractivity contribution in [1.29, 1.82) is 0 Å². The van der Waals surface area contributed by atoms with Gasteiger partial charge in [0, 0.05) is 10.9 Å². The Morgan fingerprint density at radius 2 is 2.11 bits per heavy atom. The molecule has 0 radical (unpaired) electrons. The zero-order valence-corrected chi connectivity index (χ0v) is 10.0. The summed E-state index contributed by atoms with van der Waals surface area (Å²) in [5.74, 6) is -2.04. The number of rotatable bonds is 3. The molecule has 5 heteroatoms. The quantitative estimate of drug-likeness (QED) is 0.516. The number of carbonyl (C=O) groups excluding carboxylic acids is 2. The average Bonchev–Trinajstić information content (AvgIpc) is 2.66. The fraction of sp³-hybridized carbons (Fsp3) is 0.231. The molecule has 0 bridgehead atoms. The fourth-order valence-corrected chi connectivity index (χ4v) is 1.82. The lowest BCUT2D eigenvalue weighted by Gasteiger charge is -1.99. The normalized spacial score (nSPS) is 10.6. The van der Waals surface area contributed by atoms with Gasteiger partial charge in [-0.1, -0.05) is 0 Å². The van der Waals surface area contributed by atoms with Crippen molar-refractivity contribution in [2.24, 2.45) is 0 Å². The number of halogens is 1. The summed E-state index contributed by atoms with van der Waals surface area (Å²) in [5.41, 5.74) is 1.30. The van der Waals surface area contributed by atoms with Crippen LogP contribution in [0.3, 0.4) is 0 Å². The Balaban J connectivity index is 2.49. The lowest BCUT2D eigenvalue weighted by molar-refractivity contribution is -0.137. The number of carbonyl (C=O) groups is 2. The molecule has 0 saturated heterocycles. The van der Waals surface area contributed by atoms with Gasteiger partial charge in [-0.3, -0.25) is 4.79 Å². The number of fused-ring (bicyclic) bond motifs is 1. The van der Waals surface area contributed by atoms with Gasteiger partial charge in [-0.2, -0.15) is 0 Å². The van der Waals surface area contributed by atoms with Gasteiger partial charge in [0.2, 0.25) is 0 Å². The van der Waals surface area contributed by atoms with Crippen molar-refractivity contribution in [3.05, 3.63) is 35.3 Å². The molecule has 0 atom stereocenters. The first-order valence-electron chi connectivity index (χ1n) is 5.54. The summed E-state index contributed by atoms with van der Waals surface area (Å²) >= 11 is 0. The van der Waals surface area contributed by atoms with Crippen molar-refractivity contribution in [1.82, 2.24) is 4.98 Å². The molecule has 2 aromatic rings. The van der Waals surface area contributed by atoms with Crippen molar-refractivity contribution in [3.8, 4) is 0 Å². The van der Waals surface area contributed by atoms with E-state index in [1.807, 2.05) is 0 Å². The van der Waals surface area contributed by atoms with Crippen LogP contribution in [0.2, 0.25) is 0 Å². The number of benzene rings is 1. The number of aryl methyl sites for hydroxylation is 1. The van der Waals surface area contributed by atoms with Gasteiger partial charge in [-0.25, -0.2) is 9.18 Å². The van der Waals surface area contributed by atoms with Crippen LogP contribution in [0.4, 0.5) is 4.39 Å². The molecule has 0 aliphatic rings. The lowest BCUT2D eigenvalue weighted by atomic mass is 10.1. The van der Waals surface area contributed by atoms with Crippen molar-refractivity contribution in [2.75, 3.05) is 6.61 Å². The van der Waals surface area contributed by atoms with E-state index in [-0.39, 0.29) is 18.1 Å². The molecule has 18 heavy (non-hydrogen) atoms. The molecule has 0 aliphatic carbocycles. The number of nitrogens with one attached hydrogen (secondary N) is 1. The second-order valence-corrected chi connectivity index (χ2v) is 3.86. The summed E-state index contributed by atoms with van der Waals surface area (Å²) in [5, 5.41) is 0.586. The number of aromatic amines is 1. The highest BCUT2D eigenvalue weighted by atomic mass is 19.1. The van der Waals surface area contributed by atoms with E-state index in [2.05, 4.69) is 9.72 Å². The third-order valence-corrected chi connectivity index (χ3v) is 2.71. The third-order valence-electron chi connectivity index (χ3n) is 2.71. The first-order chi connectivity index (χ1) is 8.54. The Kier molecular flexibility index (Phi) is 3.14. The van der Waals surface area contributed by atoms with Crippen molar-refractivity contribution >= 4 is 22.7 Å². The van der Waals surface area contributed by atoms with E-state index in [0.29, 0.717) is 16.5 Å². The van der Waals surface area contributed by atoms with Crippen molar-refractivity contribution < 1.29 is 18.7 Å². The van der Waals surface area contributed by atoms with Crippen molar-refractivity contribution in [2.45, 2.75) is 13.8 Å². The molecule has 0 saturated carbocycles. The maximum Gasteiger partial charge on any atom is 0.381 e. The Bertz CT molecular complexity index is 630. The van der Waals surface area contributed by atoms with Gasteiger partial charge in [0.15, 0.2) is 0 Å². The van der Waals surface area contributed by atoms with Crippen LogP contribution in [-0.4, -0.2) is 23.3 Å². The number of aromatic nitrogens is 1. The predicted molar refractivity (Wildman–Crippen MR) is 64.0 cm³/mol. The topological polar surface area (TPSA) is 59.2 Å². The second-order valence-electron chi connectivity index (χ2n) is 3.86. The molecule has 4 nitrogen and oxygen atoms in total. The van der Waals surface area contributed by atoms with Crippen LogP contribution in [0.15, 0.2) is 18.2 Å². The average molecular weight is 249 g/mol. The second kappa shape index (κ2) is 4.60. The van der Waals surface area contributed by atoms with E-state index >= 15 is 0 Å². The maximum absolute atomic E-state index is 13.1. The monoisotopic (exact) mass is 249 g/mol. The van der Waals surface area contributed by atoms with Crippen LogP contribution < -0.4 is 0 Å². The minimum absolute atomic E-state index is 0.137. The highest BCUT2D eigenvalue weighted by molar-refractivity contribution is 6.41. The number of ketones is 1. The maximum atomic E-state index is 13.1. The minimum atomic E-state index is -0.910. The molecule has 0 spiro atoms. The number of Topliss-reactive ketones (excluding diaryl/α,β-unsaturated/α-hetero) is 1. The molecule has 1 heterocycles. The number of H-pyrrole nitrogens is 1. The van der Waals surface area contributed by atoms with Crippen LogP contribution in [0.5, 0.6) is 0 Å². The molecular weight excluding hydrogens is 237 g/mol. The first kappa shape index (κ1) is 12.3. The fourth-order valence-electron chi connectivity index (χ4n) is 1.82. The predicted octanol–water partition coefficient (Wildman–Crippen LogP) is 2.36. The molecular formula is C13H12FNO3. The standard InChI is InChI=1S/C13H12FNO3/c1-3-18-13(17)12(16)11-7(2)9-6-8(14)4-5-10(9)15-11/h4-6,15H,3H2,1-2H3. The van der Waals surface area contributed by atoms with Gasteiger partial charge in [-0.15, -0.1) is 0 Å². The summed E-state index contributed by atoms with van der Waals surface area (Å²) < 4.78 is 17.8. The molecule has 1 N–H and O–H groups in total. The van der Waals surface area contributed by atoms with Gasteiger partial charge in [-0.05, 0) is 37.6 Å². The Morgan fingerprint density at radius 1 is 1.39 bits per heavy atom. The van der Waals surface area contributed by atoms with Gasteiger partial charge in [0.05, 0.1) is 12.3 Å². The van der Waals surface area contributed by atoms with Crippen molar-refractivity contribution in [3.63, 3.8) is 0 Å². The molecule has 94 valence electrons. The zero-order valence-electron chi connectivity index (χ0n) is 10.0. The van der Waals surface area contributed by atoms with Crippen LogP contribution in [-0.2, 0) is 9.53 Å². The molecule has 0 unspecified atom stereocenters. The molecule has 2 rings (SSSR count). The van der Waals surface area contributed by atoms with E-state index in [9.17, 15) is 14.0 Å². The first-order valence-corrected chi connectivity index (χ1v) is 5.54. The third kappa shape index (κ3) is 1.99. The minimum Gasteiger partial charge on any atom is -0.460 e. The SMILES string of the molecule is CCOC(=O)C(=O)c1[nH]c2ccc(F)cc2c1C. The molecule has 1 aromatic carbocycles. The highest BCUT2D eigenvalue weighted by Crippen LogP contribution is 2.23. The van der Waals surface area contributed by atoms with E-state index < -0.39 is 11.8 Å². The van der Waals surface area contributed by atoms with Crippen LogP contribution in [0, 0.1) is 12.7 Å². The van der Waals surface area contributed by atoms with Gasteiger partial charge in [0.25, 0.3) is 5.78 Å². The number of ether oxygens (including phenoxy) is 1. The van der Waals surface area contributed by atoms with E-state index in [4.69, 9.17) is 0 Å². The van der Waals surface area contributed by atoms with Crippen LogP contribution in [0.1, 0.15) is 23.0 Å². The summed E-state index contributed by atoms with van der Waals surface area (Å²) in [4.78, 5) is 26.0. The highest BCUT2D eigenvalue weighted by Gasteiger charge is 2.22. The van der Waals surface area contributed by atoms with Gasteiger partial charge in [0.1, 0.15) is 5.82 Å². The molecule has 0 amide bonds. The summed E-state index contributed by atoms with van der Waals surface area (Å²) in [6.07, 6.45) is 0. The van der Waals surface area contributed by atoms with Gasteiger partial charge >= 0.3 is 5.97 Å². The van der Waals surface area contributed by atoms with E-state index in [1.165, 1.54) is 18.2 Å². The van der Waals surface area contributed by atoms with E-state index in [0.717, 1.165) is 0 Å². The molecule has 1 aromatic heterocycles. The summed E-state index contributed by atoms with van der Waals surface area (Å²) in [7, 11) is 0. The Hall–Kier alpha value is -2.17. The molecule has 0 aliphatic heterocycles. The smallest absolute Gasteiger partial charge is 0.381 e. The van der Waals surface area contributed by atoms with Crippen LogP contribution in [0.25, 0.3) is 10.9 Å². The largest absolute Gasteiger partial charge is 0.460 e. The Labute approximate surface area is 103 Å². The Morgan fingerprint density at radius 3 is 2.78 bits per heavy atom. The summed E-state index contributed by atoms with van der Waals surface area (Å²) in [6, 6.07) is 4.14. The zero-order chi connectivity index (χ0) is 13.3. The number of hydrogen-bond donors (Lipinski definition) is 1. The van der Waals surface area contributed by atoms with E-state index in [1.54, 1.807) is 13.8 Å². The lowest BCUT2D eigenvalue weighted by Crippen LogP contribution is -2.18. The molecule has 0 fully saturated rings. The van der Waals surface area contributed by atoms with Gasteiger partial charge < -0.3 is 9.72 Å².